The Morgan fingerprint density at radius 1 is 1.38 bits per heavy atom. The molecule has 2 aromatic rings. The quantitative estimate of drug-likeness (QED) is 0.786. The molecule has 1 atom stereocenters. The molecule has 2 heterocycles. The van der Waals surface area contributed by atoms with Crippen molar-refractivity contribution in [2.24, 2.45) is 5.92 Å². The minimum atomic E-state index is 0.286. The summed E-state index contributed by atoms with van der Waals surface area (Å²) in [4.78, 5) is 8.19. The number of aromatic amines is 1. The fraction of sp³-hybridized carbons (Fsp3) is 0.500. The van der Waals surface area contributed by atoms with Crippen molar-refractivity contribution in [2.75, 3.05) is 5.73 Å². The monoisotopic (exact) mass is 237 g/mol. The van der Waals surface area contributed by atoms with Gasteiger partial charge < -0.3 is 5.73 Å². The molecule has 0 aromatic carbocycles. The summed E-state index contributed by atoms with van der Waals surface area (Å²) in [5.74, 6) is 0.915. The van der Waals surface area contributed by atoms with Crippen LogP contribution in [0.15, 0.2) is 6.33 Å². The van der Waals surface area contributed by atoms with Gasteiger partial charge in [-0.25, -0.2) is 9.97 Å². The molecule has 2 aromatic heterocycles. The Balaban J connectivity index is 2.74. The molecule has 0 saturated carbocycles. The summed E-state index contributed by atoms with van der Waals surface area (Å²) in [6.45, 7) is 6.42. The number of fused-ring (bicyclic) bond motifs is 1. The molecule has 0 aliphatic rings. The molecule has 3 N–H and O–H groups in total. The van der Waals surface area contributed by atoms with Crippen LogP contribution in [0.4, 0.5) is 5.82 Å². The Morgan fingerprint density at radius 2 is 2.06 bits per heavy atom. The Bertz CT molecular complexity index is 568. The second-order valence-corrected chi connectivity index (χ2v) is 4.66. The molecule has 5 nitrogen and oxygen atoms in total. The highest BCUT2D eigenvalue weighted by Crippen LogP contribution is 2.24. The maximum atomic E-state index is 5.80. The van der Waals surface area contributed by atoms with E-state index in [4.69, 9.17) is 18.0 Å². The number of aromatic nitrogens is 4. The van der Waals surface area contributed by atoms with E-state index in [9.17, 15) is 0 Å². The number of hydrogen-bond donors (Lipinski definition) is 2. The number of nitrogens with one attached hydrogen (secondary N) is 1. The molecule has 0 fully saturated rings. The number of nitrogens with two attached hydrogens (primary N) is 1. The van der Waals surface area contributed by atoms with Gasteiger partial charge in [-0.15, -0.1) is 0 Å². The zero-order valence-corrected chi connectivity index (χ0v) is 10.4. The number of rotatable bonds is 2. The van der Waals surface area contributed by atoms with Crippen LogP contribution in [0.5, 0.6) is 0 Å². The molecule has 0 spiro atoms. The van der Waals surface area contributed by atoms with E-state index in [-0.39, 0.29) is 6.04 Å². The van der Waals surface area contributed by atoms with Gasteiger partial charge >= 0.3 is 0 Å². The molecule has 2 rings (SSSR count). The number of anilines is 1. The lowest BCUT2D eigenvalue weighted by Gasteiger charge is -2.17. The zero-order chi connectivity index (χ0) is 11.9. The van der Waals surface area contributed by atoms with Crippen LogP contribution in [0.3, 0.4) is 0 Å². The topological polar surface area (TPSA) is 72.5 Å². The van der Waals surface area contributed by atoms with Gasteiger partial charge in [0.25, 0.3) is 0 Å². The highest BCUT2D eigenvalue weighted by atomic mass is 32.1. The molecule has 0 aliphatic heterocycles. The summed E-state index contributed by atoms with van der Waals surface area (Å²) in [7, 11) is 0. The third kappa shape index (κ3) is 1.59. The Kier molecular flexibility index (Phi) is 2.67. The van der Waals surface area contributed by atoms with Crippen LogP contribution in [-0.4, -0.2) is 19.7 Å². The fourth-order valence-corrected chi connectivity index (χ4v) is 1.90. The predicted molar refractivity (Wildman–Crippen MR) is 66.7 cm³/mol. The van der Waals surface area contributed by atoms with Gasteiger partial charge in [0.15, 0.2) is 5.65 Å². The minimum Gasteiger partial charge on any atom is -0.383 e. The van der Waals surface area contributed by atoms with E-state index in [1.54, 1.807) is 0 Å². The van der Waals surface area contributed by atoms with Crippen LogP contribution in [0.1, 0.15) is 26.8 Å². The Morgan fingerprint density at radius 3 is 2.69 bits per heavy atom. The zero-order valence-electron chi connectivity index (χ0n) is 9.56. The van der Waals surface area contributed by atoms with Crippen LogP contribution < -0.4 is 5.73 Å². The summed E-state index contributed by atoms with van der Waals surface area (Å²) < 4.78 is 2.56. The first kappa shape index (κ1) is 11.1. The van der Waals surface area contributed by atoms with Crippen LogP contribution in [0.2, 0.25) is 0 Å². The van der Waals surface area contributed by atoms with Crippen LogP contribution in [0.25, 0.3) is 11.0 Å². The Hall–Kier alpha value is -1.43. The largest absolute Gasteiger partial charge is 0.383 e. The van der Waals surface area contributed by atoms with Crippen LogP contribution in [-0.2, 0) is 0 Å². The van der Waals surface area contributed by atoms with Gasteiger partial charge in [0.1, 0.15) is 16.8 Å². The average Bonchev–Trinajstić information content (AvgIpc) is 2.56. The molecular formula is C10H15N5S. The van der Waals surface area contributed by atoms with Crippen LogP contribution in [0, 0.1) is 10.6 Å². The average molecular weight is 237 g/mol. The van der Waals surface area contributed by atoms with Crippen molar-refractivity contribution in [3.05, 3.63) is 11.0 Å². The molecule has 0 bridgehead atoms. The summed E-state index contributed by atoms with van der Waals surface area (Å²) in [6.07, 6.45) is 1.46. The maximum Gasteiger partial charge on any atom is 0.163 e. The van der Waals surface area contributed by atoms with Gasteiger partial charge in [0, 0.05) is 0 Å². The van der Waals surface area contributed by atoms with Crippen molar-refractivity contribution in [3.63, 3.8) is 0 Å². The van der Waals surface area contributed by atoms with Gasteiger partial charge in [-0.2, -0.15) is 0 Å². The third-order valence-corrected chi connectivity index (χ3v) is 3.20. The highest BCUT2D eigenvalue weighted by Gasteiger charge is 2.16. The fourth-order valence-electron chi connectivity index (χ4n) is 1.60. The van der Waals surface area contributed by atoms with Crippen molar-refractivity contribution in [3.8, 4) is 0 Å². The van der Waals surface area contributed by atoms with Crippen LogP contribution >= 0.6 is 12.2 Å². The lowest BCUT2D eigenvalue weighted by molar-refractivity contribution is 0.383. The summed E-state index contributed by atoms with van der Waals surface area (Å²) in [6, 6.07) is 0.286. The second kappa shape index (κ2) is 3.86. The molecule has 0 aliphatic carbocycles. The molecule has 86 valence electrons. The maximum absolute atomic E-state index is 5.80. The first-order valence-corrected chi connectivity index (χ1v) is 5.64. The summed E-state index contributed by atoms with van der Waals surface area (Å²) >= 11 is 5.23. The number of H-pyrrole nitrogens is 1. The summed E-state index contributed by atoms with van der Waals surface area (Å²) in [5, 5.41) is 3.86. The smallest absolute Gasteiger partial charge is 0.163 e. The van der Waals surface area contributed by atoms with Crippen molar-refractivity contribution < 1.29 is 0 Å². The van der Waals surface area contributed by atoms with Crippen molar-refractivity contribution in [2.45, 2.75) is 26.8 Å². The number of nitrogens with zero attached hydrogens (tertiary/aromatic N) is 3. The molecule has 0 amide bonds. The van der Waals surface area contributed by atoms with Gasteiger partial charge in [-0.3, -0.25) is 9.78 Å². The minimum absolute atomic E-state index is 0.286. The molecular weight excluding hydrogens is 222 g/mol. The van der Waals surface area contributed by atoms with E-state index in [0.717, 1.165) is 11.0 Å². The van der Waals surface area contributed by atoms with E-state index in [2.05, 4.69) is 35.8 Å². The van der Waals surface area contributed by atoms with E-state index in [0.29, 0.717) is 16.4 Å². The lowest BCUT2D eigenvalue weighted by atomic mass is 10.1. The van der Waals surface area contributed by atoms with Crippen molar-refractivity contribution in [1.29, 1.82) is 0 Å². The molecule has 0 saturated heterocycles. The van der Waals surface area contributed by atoms with Gasteiger partial charge in [0.05, 0.1) is 11.4 Å². The SMILES string of the molecule is CC(C)C(C)n1[nH]c(=S)c2c(N)ncnc21. The lowest BCUT2D eigenvalue weighted by Crippen LogP contribution is -2.13. The second-order valence-electron chi connectivity index (χ2n) is 4.25. The Labute approximate surface area is 98.7 Å². The van der Waals surface area contributed by atoms with Crippen molar-refractivity contribution in [1.82, 2.24) is 19.7 Å². The van der Waals surface area contributed by atoms with E-state index in [1.807, 2.05) is 4.68 Å². The van der Waals surface area contributed by atoms with Gasteiger partial charge in [-0.05, 0) is 12.8 Å². The van der Waals surface area contributed by atoms with Gasteiger partial charge in [0.2, 0.25) is 0 Å². The molecule has 16 heavy (non-hydrogen) atoms. The molecule has 6 heteroatoms. The first-order valence-electron chi connectivity index (χ1n) is 5.23. The van der Waals surface area contributed by atoms with E-state index < -0.39 is 0 Å². The first-order chi connectivity index (χ1) is 7.52. The van der Waals surface area contributed by atoms with E-state index in [1.165, 1.54) is 6.33 Å². The van der Waals surface area contributed by atoms with Crippen molar-refractivity contribution >= 4 is 29.1 Å². The predicted octanol–water partition coefficient (Wildman–Crippen LogP) is 2.29. The standard InChI is InChI=1S/C10H15N5S/c1-5(2)6(3)15-9-7(10(16)14-15)8(11)12-4-13-9/h4-6H,1-3H3,(H,14,16)(H2,11,12,13). The van der Waals surface area contributed by atoms with Gasteiger partial charge in [-0.1, -0.05) is 26.1 Å². The number of hydrogen-bond acceptors (Lipinski definition) is 4. The highest BCUT2D eigenvalue weighted by molar-refractivity contribution is 7.71. The third-order valence-electron chi connectivity index (χ3n) is 2.91. The molecule has 0 radical (unpaired) electrons. The number of nitrogen functional groups attached to an aromatic ring is 1. The normalized spacial score (nSPS) is 13.5. The van der Waals surface area contributed by atoms with E-state index >= 15 is 0 Å². The summed E-state index contributed by atoms with van der Waals surface area (Å²) in [5.41, 5.74) is 6.57. The molecule has 1 unspecified atom stereocenters.